The summed E-state index contributed by atoms with van der Waals surface area (Å²) in [6.07, 6.45) is 4.77. The van der Waals surface area contributed by atoms with Gasteiger partial charge >= 0.3 is 0 Å². The molecule has 0 unspecified atom stereocenters. The lowest BCUT2D eigenvalue weighted by atomic mass is 10.2. The van der Waals surface area contributed by atoms with Crippen LogP contribution in [-0.2, 0) is 17.1 Å². The van der Waals surface area contributed by atoms with E-state index < -0.39 is 10.0 Å². The Labute approximate surface area is 109 Å². The van der Waals surface area contributed by atoms with Crippen LogP contribution in [0.1, 0.15) is 26.7 Å². The lowest BCUT2D eigenvalue weighted by Gasteiger charge is -2.28. The second kappa shape index (κ2) is 6.36. The van der Waals surface area contributed by atoms with Gasteiger partial charge in [0, 0.05) is 32.0 Å². The molecule has 0 amide bonds. The summed E-state index contributed by atoms with van der Waals surface area (Å²) in [7, 11) is -1.73. The molecule has 0 aliphatic rings. The second-order valence-corrected chi connectivity index (χ2v) is 6.21. The van der Waals surface area contributed by atoms with E-state index in [4.69, 9.17) is 5.11 Å². The number of aromatic nitrogens is 1. The van der Waals surface area contributed by atoms with Crippen molar-refractivity contribution in [1.29, 1.82) is 0 Å². The summed E-state index contributed by atoms with van der Waals surface area (Å²) in [5.41, 5.74) is 0. The van der Waals surface area contributed by atoms with Crippen molar-refractivity contribution >= 4 is 10.0 Å². The Hall–Kier alpha value is -0.850. The maximum Gasteiger partial charge on any atom is 0.244 e. The van der Waals surface area contributed by atoms with Gasteiger partial charge in [-0.15, -0.1) is 0 Å². The van der Waals surface area contributed by atoms with Gasteiger partial charge in [0.2, 0.25) is 10.0 Å². The van der Waals surface area contributed by atoms with E-state index in [1.54, 1.807) is 30.1 Å². The molecule has 1 aromatic heterocycles. The standard InChI is InChI=1S/C12H22N2O3S/c1-4-11(5-2)14(8-9-15)18(16,17)12-6-7-13(3)10-12/h6-7,10-11,15H,4-5,8-9H2,1-3H3. The van der Waals surface area contributed by atoms with Crippen molar-refractivity contribution in [3.05, 3.63) is 18.5 Å². The first-order chi connectivity index (χ1) is 8.47. The molecule has 0 aliphatic carbocycles. The minimum atomic E-state index is -3.51. The zero-order valence-electron chi connectivity index (χ0n) is 11.2. The van der Waals surface area contributed by atoms with Crippen LogP contribution in [0.25, 0.3) is 0 Å². The molecule has 0 atom stereocenters. The van der Waals surface area contributed by atoms with Gasteiger partial charge in [-0.25, -0.2) is 8.42 Å². The van der Waals surface area contributed by atoms with Crippen LogP contribution in [0.15, 0.2) is 23.4 Å². The monoisotopic (exact) mass is 274 g/mol. The van der Waals surface area contributed by atoms with Crippen molar-refractivity contribution in [2.75, 3.05) is 13.2 Å². The van der Waals surface area contributed by atoms with Crippen LogP contribution < -0.4 is 0 Å². The Balaban J connectivity index is 3.11. The number of rotatable bonds is 7. The number of nitrogens with zero attached hydrogens (tertiary/aromatic N) is 2. The highest BCUT2D eigenvalue weighted by molar-refractivity contribution is 7.89. The smallest absolute Gasteiger partial charge is 0.244 e. The normalized spacial score (nSPS) is 12.6. The Morgan fingerprint density at radius 1 is 1.39 bits per heavy atom. The van der Waals surface area contributed by atoms with E-state index in [9.17, 15) is 8.42 Å². The van der Waals surface area contributed by atoms with Crippen LogP contribution in [0.3, 0.4) is 0 Å². The molecule has 18 heavy (non-hydrogen) atoms. The summed E-state index contributed by atoms with van der Waals surface area (Å²) in [5, 5.41) is 9.08. The highest BCUT2D eigenvalue weighted by Gasteiger charge is 2.29. The number of aliphatic hydroxyl groups is 1. The summed E-state index contributed by atoms with van der Waals surface area (Å²) < 4.78 is 28.1. The van der Waals surface area contributed by atoms with E-state index in [1.807, 2.05) is 13.8 Å². The summed E-state index contributed by atoms with van der Waals surface area (Å²) in [6.45, 7) is 3.89. The molecule has 104 valence electrons. The highest BCUT2D eigenvalue weighted by atomic mass is 32.2. The summed E-state index contributed by atoms with van der Waals surface area (Å²) >= 11 is 0. The first kappa shape index (κ1) is 15.2. The minimum absolute atomic E-state index is 0.0673. The maximum absolute atomic E-state index is 12.5. The van der Waals surface area contributed by atoms with Crippen LogP contribution >= 0.6 is 0 Å². The Morgan fingerprint density at radius 2 is 2.00 bits per heavy atom. The predicted molar refractivity (Wildman–Crippen MR) is 70.8 cm³/mol. The Bertz CT molecular complexity index is 463. The highest BCUT2D eigenvalue weighted by Crippen LogP contribution is 2.21. The van der Waals surface area contributed by atoms with E-state index in [2.05, 4.69) is 0 Å². The largest absolute Gasteiger partial charge is 0.395 e. The fourth-order valence-electron chi connectivity index (χ4n) is 2.06. The van der Waals surface area contributed by atoms with Crippen LogP contribution in [0.4, 0.5) is 0 Å². The van der Waals surface area contributed by atoms with Gasteiger partial charge in [0.15, 0.2) is 0 Å². The minimum Gasteiger partial charge on any atom is -0.395 e. The third kappa shape index (κ3) is 3.13. The molecule has 1 N–H and O–H groups in total. The van der Waals surface area contributed by atoms with Gasteiger partial charge in [-0.3, -0.25) is 0 Å². The zero-order chi connectivity index (χ0) is 13.8. The molecule has 0 radical (unpaired) electrons. The van der Waals surface area contributed by atoms with E-state index >= 15 is 0 Å². The van der Waals surface area contributed by atoms with Crippen LogP contribution in [0.5, 0.6) is 0 Å². The first-order valence-corrected chi connectivity index (χ1v) is 7.66. The van der Waals surface area contributed by atoms with E-state index in [0.29, 0.717) is 0 Å². The number of aryl methyl sites for hydroxylation is 1. The summed E-state index contributed by atoms with van der Waals surface area (Å²) in [4.78, 5) is 0.283. The zero-order valence-corrected chi connectivity index (χ0v) is 12.0. The molecular weight excluding hydrogens is 252 g/mol. The molecule has 5 nitrogen and oxygen atoms in total. The third-order valence-corrected chi connectivity index (χ3v) is 5.02. The summed E-state index contributed by atoms with van der Waals surface area (Å²) in [6, 6.07) is 1.52. The van der Waals surface area contributed by atoms with E-state index in [1.165, 1.54) is 4.31 Å². The Morgan fingerprint density at radius 3 is 2.39 bits per heavy atom. The average molecular weight is 274 g/mol. The van der Waals surface area contributed by atoms with Gasteiger partial charge in [-0.05, 0) is 18.9 Å². The number of hydrogen-bond acceptors (Lipinski definition) is 3. The van der Waals surface area contributed by atoms with Crippen molar-refractivity contribution in [3.8, 4) is 0 Å². The summed E-state index contributed by atoms with van der Waals surface area (Å²) in [5.74, 6) is 0. The molecule has 6 heteroatoms. The average Bonchev–Trinajstić information content (AvgIpc) is 2.77. The fourth-order valence-corrected chi connectivity index (χ4v) is 3.88. The van der Waals surface area contributed by atoms with Crippen molar-refractivity contribution in [2.45, 2.75) is 37.6 Å². The van der Waals surface area contributed by atoms with Crippen molar-refractivity contribution < 1.29 is 13.5 Å². The van der Waals surface area contributed by atoms with Crippen molar-refractivity contribution in [2.24, 2.45) is 7.05 Å². The van der Waals surface area contributed by atoms with Crippen LogP contribution in [0, 0.1) is 0 Å². The van der Waals surface area contributed by atoms with Crippen molar-refractivity contribution in [1.82, 2.24) is 8.87 Å². The molecule has 0 saturated carbocycles. The molecule has 1 heterocycles. The maximum atomic E-state index is 12.5. The molecule has 0 saturated heterocycles. The van der Waals surface area contributed by atoms with Gasteiger partial charge in [0.05, 0.1) is 11.5 Å². The quantitative estimate of drug-likeness (QED) is 0.812. The molecule has 0 aliphatic heterocycles. The van der Waals surface area contributed by atoms with Gasteiger partial charge in [-0.1, -0.05) is 13.8 Å². The van der Waals surface area contributed by atoms with Crippen LogP contribution in [-0.4, -0.2) is 41.6 Å². The van der Waals surface area contributed by atoms with Gasteiger partial charge in [0.25, 0.3) is 0 Å². The molecule has 1 aromatic rings. The van der Waals surface area contributed by atoms with E-state index in [-0.39, 0.29) is 24.1 Å². The lowest BCUT2D eigenvalue weighted by molar-refractivity contribution is 0.219. The van der Waals surface area contributed by atoms with Crippen LogP contribution in [0.2, 0.25) is 0 Å². The van der Waals surface area contributed by atoms with Crippen molar-refractivity contribution in [3.63, 3.8) is 0 Å². The molecule has 0 fully saturated rings. The molecule has 1 rings (SSSR count). The Kier molecular flexibility index (Phi) is 5.37. The van der Waals surface area contributed by atoms with Gasteiger partial charge in [-0.2, -0.15) is 4.31 Å². The van der Waals surface area contributed by atoms with Gasteiger partial charge < -0.3 is 9.67 Å². The van der Waals surface area contributed by atoms with Gasteiger partial charge in [0.1, 0.15) is 0 Å². The predicted octanol–water partition coefficient (Wildman–Crippen LogP) is 1.20. The SMILES string of the molecule is CCC(CC)N(CCO)S(=O)(=O)c1ccn(C)c1. The van der Waals surface area contributed by atoms with E-state index in [0.717, 1.165) is 12.8 Å². The molecule has 0 spiro atoms. The lowest BCUT2D eigenvalue weighted by Crippen LogP contribution is -2.41. The molecule has 0 aromatic carbocycles. The first-order valence-electron chi connectivity index (χ1n) is 6.22. The number of aliphatic hydroxyl groups excluding tert-OH is 1. The molecule has 0 bridgehead atoms. The second-order valence-electron chi connectivity index (χ2n) is 4.32. The number of sulfonamides is 1. The third-order valence-electron chi connectivity index (χ3n) is 3.08. The number of hydrogen-bond donors (Lipinski definition) is 1. The molecular formula is C12H22N2O3S. The fraction of sp³-hybridized carbons (Fsp3) is 0.667. The topological polar surface area (TPSA) is 62.5 Å².